The van der Waals surface area contributed by atoms with Crippen molar-refractivity contribution in [2.45, 2.75) is 0 Å². The molecule has 5 nitrogen and oxygen atoms in total. The fraction of sp³-hybridized carbons (Fsp3) is 0. The molecule has 0 saturated carbocycles. The first-order chi connectivity index (χ1) is 7.68. The van der Waals surface area contributed by atoms with Crippen LogP contribution < -0.4 is 5.73 Å². The molecule has 0 amide bonds. The SMILES string of the molecule is Nc1ncc(Br)nc1C(=O)c1cccnc1. The van der Waals surface area contributed by atoms with Gasteiger partial charge < -0.3 is 5.73 Å². The maximum atomic E-state index is 12.0. The van der Waals surface area contributed by atoms with Gasteiger partial charge in [-0.05, 0) is 28.1 Å². The van der Waals surface area contributed by atoms with Crippen molar-refractivity contribution in [3.63, 3.8) is 0 Å². The number of hydrogen-bond acceptors (Lipinski definition) is 5. The number of nitrogen functional groups attached to an aromatic ring is 1. The smallest absolute Gasteiger partial charge is 0.216 e. The molecule has 0 bridgehead atoms. The van der Waals surface area contributed by atoms with Gasteiger partial charge in [0.15, 0.2) is 11.5 Å². The fourth-order valence-electron chi connectivity index (χ4n) is 1.18. The topological polar surface area (TPSA) is 81.8 Å². The Hall–Kier alpha value is -1.82. The molecule has 0 aliphatic heterocycles. The summed E-state index contributed by atoms with van der Waals surface area (Å²) in [6, 6.07) is 3.33. The van der Waals surface area contributed by atoms with E-state index in [0.717, 1.165) is 0 Å². The third-order valence-electron chi connectivity index (χ3n) is 1.91. The van der Waals surface area contributed by atoms with Crippen molar-refractivity contribution in [1.29, 1.82) is 0 Å². The minimum atomic E-state index is -0.292. The minimum absolute atomic E-state index is 0.108. The molecule has 0 fully saturated rings. The number of rotatable bonds is 2. The van der Waals surface area contributed by atoms with Crippen LogP contribution in [-0.4, -0.2) is 20.7 Å². The zero-order valence-electron chi connectivity index (χ0n) is 8.09. The number of pyridine rings is 1. The Morgan fingerprint density at radius 2 is 2.19 bits per heavy atom. The lowest BCUT2D eigenvalue weighted by molar-refractivity contribution is 0.103. The molecule has 0 radical (unpaired) electrons. The van der Waals surface area contributed by atoms with Gasteiger partial charge in [-0.3, -0.25) is 9.78 Å². The first-order valence-corrected chi connectivity index (χ1v) is 5.20. The van der Waals surface area contributed by atoms with Crippen LogP contribution in [0.1, 0.15) is 16.1 Å². The molecule has 16 heavy (non-hydrogen) atoms. The van der Waals surface area contributed by atoms with Crippen molar-refractivity contribution >= 4 is 27.5 Å². The molecule has 2 aromatic rings. The van der Waals surface area contributed by atoms with Crippen molar-refractivity contribution in [1.82, 2.24) is 15.0 Å². The maximum Gasteiger partial charge on any atom is 0.216 e. The van der Waals surface area contributed by atoms with Crippen LogP contribution in [0.2, 0.25) is 0 Å². The lowest BCUT2D eigenvalue weighted by Gasteiger charge is -2.02. The summed E-state index contributed by atoms with van der Waals surface area (Å²) in [6.07, 6.45) is 4.49. The standard InChI is InChI=1S/C10H7BrN4O/c11-7-5-14-10(12)8(15-7)9(16)6-2-1-3-13-4-6/h1-5H,(H2,12,14). The van der Waals surface area contributed by atoms with Crippen molar-refractivity contribution in [3.05, 3.63) is 46.6 Å². The van der Waals surface area contributed by atoms with Gasteiger partial charge in [-0.15, -0.1) is 0 Å². The summed E-state index contributed by atoms with van der Waals surface area (Å²) < 4.78 is 0.467. The average Bonchev–Trinajstić information content (AvgIpc) is 2.32. The van der Waals surface area contributed by atoms with Gasteiger partial charge in [0.05, 0.1) is 6.20 Å². The number of nitrogens with zero attached hydrogens (tertiary/aromatic N) is 3. The Balaban J connectivity index is 2.46. The van der Waals surface area contributed by atoms with E-state index in [1.54, 1.807) is 18.3 Å². The maximum absolute atomic E-state index is 12.0. The highest BCUT2D eigenvalue weighted by atomic mass is 79.9. The van der Waals surface area contributed by atoms with Gasteiger partial charge in [-0.25, -0.2) is 9.97 Å². The lowest BCUT2D eigenvalue weighted by Crippen LogP contribution is -2.10. The van der Waals surface area contributed by atoms with Crippen LogP contribution in [0.15, 0.2) is 35.3 Å². The Kier molecular flexibility index (Phi) is 2.91. The van der Waals surface area contributed by atoms with Crippen LogP contribution in [0, 0.1) is 0 Å². The highest BCUT2D eigenvalue weighted by Gasteiger charge is 2.15. The molecule has 0 unspecified atom stereocenters. The van der Waals surface area contributed by atoms with E-state index >= 15 is 0 Å². The number of carbonyl (C=O) groups excluding carboxylic acids is 1. The predicted octanol–water partition coefficient (Wildman–Crippen LogP) is 1.45. The second kappa shape index (κ2) is 4.36. The van der Waals surface area contributed by atoms with Gasteiger partial charge in [0.2, 0.25) is 5.78 Å². The van der Waals surface area contributed by atoms with Crippen LogP contribution in [0.5, 0.6) is 0 Å². The molecule has 0 spiro atoms. The molecule has 80 valence electrons. The van der Waals surface area contributed by atoms with Crippen LogP contribution in [-0.2, 0) is 0 Å². The van der Waals surface area contributed by atoms with Crippen molar-refractivity contribution in [3.8, 4) is 0 Å². The second-order valence-electron chi connectivity index (χ2n) is 3.00. The van der Waals surface area contributed by atoms with Crippen molar-refractivity contribution < 1.29 is 4.79 Å². The Labute approximate surface area is 99.9 Å². The number of ketones is 1. The lowest BCUT2D eigenvalue weighted by atomic mass is 10.1. The Bertz CT molecular complexity index is 530. The van der Waals surface area contributed by atoms with E-state index in [-0.39, 0.29) is 17.3 Å². The summed E-state index contributed by atoms with van der Waals surface area (Å²) >= 11 is 3.14. The monoisotopic (exact) mass is 278 g/mol. The van der Waals surface area contributed by atoms with Crippen LogP contribution in [0.25, 0.3) is 0 Å². The molecule has 6 heteroatoms. The van der Waals surface area contributed by atoms with Crippen molar-refractivity contribution in [2.24, 2.45) is 0 Å². The van der Waals surface area contributed by atoms with Gasteiger partial charge in [-0.2, -0.15) is 0 Å². The van der Waals surface area contributed by atoms with E-state index in [4.69, 9.17) is 5.73 Å². The molecule has 0 aliphatic carbocycles. The molecule has 2 aromatic heterocycles. The quantitative estimate of drug-likeness (QED) is 0.841. The van der Waals surface area contributed by atoms with Crippen molar-refractivity contribution in [2.75, 3.05) is 5.73 Å². The number of nitrogens with two attached hydrogens (primary N) is 1. The molecule has 0 atom stereocenters. The summed E-state index contributed by atoms with van der Waals surface area (Å²) in [5.74, 6) is -0.184. The van der Waals surface area contributed by atoms with E-state index in [9.17, 15) is 4.79 Å². The average molecular weight is 279 g/mol. The molecular weight excluding hydrogens is 272 g/mol. The third kappa shape index (κ3) is 2.06. The number of hydrogen-bond donors (Lipinski definition) is 1. The van der Waals surface area contributed by atoms with Crippen LogP contribution in [0.3, 0.4) is 0 Å². The summed E-state index contributed by atoms with van der Waals surface area (Å²) in [7, 11) is 0. The van der Waals surface area contributed by atoms with Crippen LogP contribution in [0.4, 0.5) is 5.82 Å². The normalized spacial score (nSPS) is 10.1. The van der Waals surface area contributed by atoms with Crippen LogP contribution >= 0.6 is 15.9 Å². The first kappa shape index (κ1) is 10.7. The number of halogens is 1. The number of carbonyl (C=O) groups is 1. The Morgan fingerprint density at radius 3 is 2.88 bits per heavy atom. The highest BCUT2D eigenvalue weighted by molar-refractivity contribution is 9.10. The van der Waals surface area contributed by atoms with Gasteiger partial charge in [0, 0.05) is 18.0 Å². The van der Waals surface area contributed by atoms with Gasteiger partial charge in [0.1, 0.15) is 4.60 Å². The molecule has 2 heterocycles. The Morgan fingerprint density at radius 1 is 1.38 bits per heavy atom. The zero-order chi connectivity index (χ0) is 11.5. The fourth-order valence-corrected chi connectivity index (χ4v) is 1.46. The van der Waals surface area contributed by atoms with E-state index < -0.39 is 0 Å². The van der Waals surface area contributed by atoms with Gasteiger partial charge in [0.25, 0.3) is 0 Å². The first-order valence-electron chi connectivity index (χ1n) is 4.41. The molecule has 0 saturated heterocycles. The van der Waals surface area contributed by atoms with Gasteiger partial charge in [-0.1, -0.05) is 0 Å². The highest BCUT2D eigenvalue weighted by Crippen LogP contribution is 2.14. The third-order valence-corrected chi connectivity index (χ3v) is 2.29. The zero-order valence-corrected chi connectivity index (χ0v) is 9.68. The van der Waals surface area contributed by atoms with E-state index in [1.165, 1.54) is 12.4 Å². The summed E-state index contributed by atoms with van der Waals surface area (Å²) in [6.45, 7) is 0. The second-order valence-corrected chi connectivity index (χ2v) is 3.81. The van der Waals surface area contributed by atoms with E-state index in [1.807, 2.05) is 0 Å². The largest absolute Gasteiger partial charge is 0.382 e. The van der Waals surface area contributed by atoms with E-state index in [2.05, 4.69) is 30.9 Å². The molecule has 2 N–H and O–H groups in total. The molecule has 2 rings (SSSR count). The predicted molar refractivity (Wildman–Crippen MR) is 61.8 cm³/mol. The minimum Gasteiger partial charge on any atom is -0.382 e. The van der Waals surface area contributed by atoms with Gasteiger partial charge >= 0.3 is 0 Å². The number of anilines is 1. The summed E-state index contributed by atoms with van der Waals surface area (Å²) in [5.41, 5.74) is 6.15. The molecule has 0 aliphatic rings. The molecule has 0 aromatic carbocycles. The summed E-state index contributed by atoms with van der Waals surface area (Å²) in [5, 5.41) is 0. The molecular formula is C10H7BrN4O. The number of aromatic nitrogens is 3. The van der Waals surface area contributed by atoms with E-state index in [0.29, 0.717) is 10.2 Å². The summed E-state index contributed by atoms with van der Waals surface area (Å²) in [4.78, 5) is 23.7.